The Labute approximate surface area is 96.0 Å². The number of primary amides is 1. The molecule has 6 heteroatoms. The van der Waals surface area contributed by atoms with Crippen molar-refractivity contribution in [3.05, 3.63) is 34.9 Å². The predicted octanol–water partition coefficient (Wildman–Crippen LogP) is 1.86. The Morgan fingerprint density at radius 3 is 2.24 bits per heavy atom. The Morgan fingerprint density at radius 2 is 1.88 bits per heavy atom. The zero-order chi connectivity index (χ0) is 13.4. The van der Waals surface area contributed by atoms with Crippen molar-refractivity contribution >= 4 is 5.91 Å². The highest BCUT2D eigenvalue weighted by Gasteiger charge is 2.51. The molecular formula is C11H12F3NO2. The molecule has 3 N–H and O–H groups in total. The van der Waals surface area contributed by atoms with E-state index in [9.17, 15) is 23.1 Å². The number of carbonyl (C=O) groups excluding carboxylic acids is 1. The Hall–Kier alpha value is -1.56. The van der Waals surface area contributed by atoms with Gasteiger partial charge in [0.1, 0.15) is 0 Å². The Bertz CT molecular complexity index is 453. The third-order valence-electron chi connectivity index (χ3n) is 2.61. The molecule has 1 aromatic rings. The number of hydrogen-bond donors (Lipinski definition) is 2. The lowest BCUT2D eigenvalue weighted by atomic mass is 9.92. The lowest BCUT2D eigenvalue weighted by molar-refractivity contribution is -0.258. The maximum atomic E-state index is 12.6. The van der Waals surface area contributed by atoms with Crippen molar-refractivity contribution < 1.29 is 23.1 Å². The minimum absolute atomic E-state index is 0.131. The lowest BCUT2D eigenvalue weighted by Gasteiger charge is -2.27. The van der Waals surface area contributed by atoms with Gasteiger partial charge in [-0.05, 0) is 31.0 Å². The summed E-state index contributed by atoms with van der Waals surface area (Å²) in [6.07, 6.45) is -4.78. The summed E-state index contributed by atoms with van der Waals surface area (Å²) in [5.41, 5.74) is 2.18. The first-order valence-electron chi connectivity index (χ1n) is 4.77. The quantitative estimate of drug-likeness (QED) is 0.837. The first-order chi connectivity index (χ1) is 7.57. The molecule has 0 aromatic heterocycles. The summed E-state index contributed by atoms with van der Waals surface area (Å²) < 4.78 is 37.7. The van der Waals surface area contributed by atoms with Gasteiger partial charge in [0.15, 0.2) is 5.60 Å². The average Bonchev–Trinajstić information content (AvgIpc) is 2.14. The number of rotatable bonds is 2. The van der Waals surface area contributed by atoms with Crippen LogP contribution in [-0.2, 0) is 5.60 Å². The minimum Gasteiger partial charge on any atom is -0.376 e. The molecule has 0 radical (unpaired) electrons. The number of aliphatic hydroxyl groups is 1. The van der Waals surface area contributed by atoms with E-state index in [1.54, 1.807) is 0 Å². The molecule has 1 atom stereocenters. The van der Waals surface area contributed by atoms with E-state index >= 15 is 0 Å². The van der Waals surface area contributed by atoms with Crippen molar-refractivity contribution in [3.63, 3.8) is 0 Å². The number of alkyl halides is 3. The van der Waals surface area contributed by atoms with E-state index in [1.165, 1.54) is 13.0 Å². The van der Waals surface area contributed by atoms with Gasteiger partial charge >= 0.3 is 6.18 Å². The molecule has 1 rings (SSSR count). The molecule has 1 unspecified atom stereocenters. The van der Waals surface area contributed by atoms with Crippen molar-refractivity contribution in [1.82, 2.24) is 0 Å². The maximum Gasteiger partial charge on any atom is 0.421 e. The first kappa shape index (κ1) is 13.5. The number of hydrogen-bond acceptors (Lipinski definition) is 2. The van der Waals surface area contributed by atoms with Gasteiger partial charge in [0.2, 0.25) is 5.91 Å². The fraction of sp³-hybridized carbons (Fsp3) is 0.364. The molecule has 3 nitrogen and oxygen atoms in total. The highest BCUT2D eigenvalue weighted by Crippen LogP contribution is 2.38. The maximum absolute atomic E-state index is 12.6. The number of carbonyl (C=O) groups is 1. The van der Waals surface area contributed by atoms with Gasteiger partial charge < -0.3 is 10.8 Å². The summed E-state index contributed by atoms with van der Waals surface area (Å²) in [4.78, 5) is 10.9. The van der Waals surface area contributed by atoms with Gasteiger partial charge in [-0.1, -0.05) is 12.1 Å². The van der Waals surface area contributed by atoms with Gasteiger partial charge in [-0.15, -0.1) is 0 Å². The van der Waals surface area contributed by atoms with Crippen molar-refractivity contribution in [2.45, 2.75) is 25.6 Å². The first-order valence-corrected chi connectivity index (χ1v) is 4.77. The van der Waals surface area contributed by atoms with Gasteiger partial charge in [0.05, 0.1) is 0 Å². The van der Waals surface area contributed by atoms with Crippen LogP contribution >= 0.6 is 0 Å². The smallest absolute Gasteiger partial charge is 0.376 e. The van der Waals surface area contributed by atoms with Crippen LogP contribution in [0.2, 0.25) is 0 Å². The van der Waals surface area contributed by atoms with E-state index in [4.69, 9.17) is 5.73 Å². The summed E-state index contributed by atoms with van der Waals surface area (Å²) >= 11 is 0. The number of amides is 1. The summed E-state index contributed by atoms with van der Waals surface area (Å²) in [5.74, 6) is -0.722. The zero-order valence-corrected chi connectivity index (χ0v) is 9.30. The molecule has 17 heavy (non-hydrogen) atoms. The number of benzene rings is 1. The van der Waals surface area contributed by atoms with Crippen molar-refractivity contribution in [2.24, 2.45) is 5.73 Å². The van der Waals surface area contributed by atoms with Crippen LogP contribution in [0.25, 0.3) is 0 Å². The standard InChI is InChI=1S/C11H12F3NO2/c1-6-5-7(3-4-8(6)9(15)16)10(2,17)11(12,13)14/h3-5,17H,1-2H3,(H2,15,16). The molecule has 0 bridgehead atoms. The van der Waals surface area contributed by atoms with E-state index in [0.29, 0.717) is 12.5 Å². The van der Waals surface area contributed by atoms with Crippen molar-refractivity contribution in [3.8, 4) is 0 Å². The molecule has 1 aromatic carbocycles. The molecule has 0 fully saturated rings. The number of halogens is 3. The SMILES string of the molecule is Cc1cc(C(C)(O)C(F)(F)F)ccc1C(N)=O. The van der Waals surface area contributed by atoms with E-state index in [0.717, 1.165) is 12.1 Å². The van der Waals surface area contributed by atoms with Crippen LogP contribution < -0.4 is 5.73 Å². The van der Waals surface area contributed by atoms with Crippen molar-refractivity contribution in [1.29, 1.82) is 0 Å². The van der Waals surface area contributed by atoms with Crippen LogP contribution in [0.5, 0.6) is 0 Å². The van der Waals surface area contributed by atoms with Gasteiger partial charge in [0.25, 0.3) is 0 Å². The van der Waals surface area contributed by atoms with Gasteiger partial charge in [-0.3, -0.25) is 4.79 Å². The molecule has 0 heterocycles. The molecule has 0 aliphatic rings. The largest absolute Gasteiger partial charge is 0.421 e. The minimum atomic E-state index is -4.78. The Balaban J connectivity index is 3.28. The summed E-state index contributed by atoms with van der Waals surface area (Å²) in [6.45, 7) is 2.11. The van der Waals surface area contributed by atoms with Gasteiger partial charge in [-0.25, -0.2) is 0 Å². The van der Waals surface area contributed by atoms with Gasteiger partial charge in [0, 0.05) is 5.56 Å². The number of aryl methyl sites for hydroxylation is 1. The zero-order valence-electron chi connectivity index (χ0n) is 9.30. The predicted molar refractivity (Wildman–Crippen MR) is 55.3 cm³/mol. The van der Waals surface area contributed by atoms with Crippen molar-refractivity contribution in [2.75, 3.05) is 0 Å². The molecule has 94 valence electrons. The number of nitrogens with two attached hydrogens (primary N) is 1. The second-order valence-electron chi connectivity index (χ2n) is 3.96. The average molecular weight is 247 g/mol. The molecule has 1 amide bonds. The second kappa shape index (κ2) is 4.03. The monoisotopic (exact) mass is 247 g/mol. The van der Waals surface area contributed by atoms with Crippen LogP contribution in [0.15, 0.2) is 18.2 Å². The van der Waals surface area contributed by atoms with Gasteiger partial charge in [-0.2, -0.15) is 13.2 Å². The third-order valence-corrected chi connectivity index (χ3v) is 2.61. The normalized spacial score (nSPS) is 15.4. The summed E-state index contributed by atoms with van der Waals surface area (Å²) in [7, 11) is 0. The molecule has 0 aliphatic carbocycles. The Morgan fingerprint density at radius 1 is 1.35 bits per heavy atom. The van der Waals surface area contributed by atoms with Crippen LogP contribution in [0, 0.1) is 6.92 Å². The highest BCUT2D eigenvalue weighted by atomic mass is 19.4. The van der Waals surface area contributed by atoms with E-state index in [-0.39, 0.29) is 11.1 Å². The lowest BCUT2D eigenvalue weighted by Crippen LogP contribution is -2.39. The molecule has 0 saturated heterocycles. The molecular weight excluding hydrogens is 235 g/mol. The molecule has 0 saturated carbocycles. The highest BCUT2D eigenvalue weighted by molar-refractivity contribution is 5.94. The van der Waals surface area contributed by atoms with E-state index in [2.05, 4.69) is 0 Å². The molecule has 0 spiro atoms. The molecule has 0 aliphatic heterocycles. The topological polar surface area (TPSA) is 63.3 Å². The van der Waals surface area contributed by atoms with E-state index in [1.807, 2.05) is 0 Å². The van der Waals surface area contributed by atoms with Crippen LogP contribution in [0.3, 0.4) is 0 Å². The van der Waals surface area contributed by atoms with Crippen LogP contribution in [-0.4, -0.2) is 17.2 Å². The third kappa shape index (κ3) is 2.41. The fourth-order valence-electron chi connectivity index (χ4n) is 1.41. The fourth-order valence-corrected chi connectivity index (χ4v) is 1.41. The Kier molecular flexibility index (Phi) is 3.20. The second-order valence-corrected chi connectivity index (χ2v) is 3.96. The summed E-state index contributed by atoms with van der Waals surface area (Å²) in [6, 6.07) is 3.32. The summed E-state index contributed by atoms with van der Waals surface area (Å²) in [5, 5.41) is 9.44. The van der Waals surface area contributed by atoms with Crippen LogP contribution in [0.1, 0.15) is 28.4 Å². The van der Waals surface area contributed by atoms with E-state index < -0.39 is 17.7 Å². The van der Waals surface area contributed by atoms with Crippen LogP contribution in [0.4, 0.5) is 13.2 Å².